The molecule has 0 unspecified atom stereocenters. The molecule has 0 saturated carbocycles. The van der Waals surface area contributed by atoms with E-state index in [0.717, 1.165) is 10.9 Å². The van der Waals surface area contributed by atoms with Crippen LogP contribution in [0.1, 0.15) is 10.4 Å². The van der Waals surface area contributed by atoms with Gasteiger partial charge in [0.25, 0.3) is 5.91 Å². The highest BCUT2D eigenvalue weighted by Gasteiger charge is 2.11. The van der Waals surface area contributed by atoms with Crippen molar-refractivity contribution in [2.45, 2.75) is 0 Å². The number of aromatic amines is 1. The van der Waals surface area contributed by atoms with Gasteiger partial charge in [0, 0.05) is 15.5 Å². The summed E-state index contributed by atoms with van der Waals surface area (Å²) in [7, 11) is 0. The summed E-state index contributed by atoms with van der Waals surface area (Å²) in [6.07, 6.45) is 1.70. The highest BCUT2D eigenvalue weighted by atomic mass is 79.9. The van der Waals surface area contributed by atoms with E-state index >= 15 is 0 Å². The van der Waals surface area contributed by atoms with E-state index in [9.17, 15) is 9.18 Å². The molecule has 0 atom stereocenters. The average molecular weight is 334 g/mol. The van der Waals surface area contributed by atoms with Crippen molar-refractivity contribution < 1.29 is 9.18 Å². The number of amides is 1. The maximum Gasteiger partial charge on any atom is 0.256 e. The van der Waals surface area contributed by atoms with Crippen LogP contribution in [0.15, 0.2) is 47.1 Å². The Kier molecular flexibility index (Phi) is 3.23. The normalized spacial score (nSPS) is 10.7. The van der Waals surface area contributed by atoms with E-state index in [1.807, 2.05) is 6.07 Å². The molecule has 0 aliphatic heterocycles. The number of hydrogen-bond donors (Lipinski definition) is 2. The van der Waals surface area contributed by atoms with Gasteiger partial charge in [-0.3, -0.25) is 9.89 Å². The van der Waals surface area contributed by atoms with Crippen molar-refractivity contribution >= 4 is 38.4 Å². The predicted octanol–water partition coefficient (Wildman–Crippen LogP) is 3.72. The Labute approximate surface area is 122 Å². The lowest BCUT2D eigenvalue weighted by Crippen LogP contribution is -2.12. The number of carbonyl (C=O) groups is 1. The lowest BCUT2D eigenvalue weighted by atomic mass is 10.2. The van der Waals surface area contributed by atoms with Crippen LogP contribution >= 0.6 is 15.9 Å². The summed E-state index contributed by atoms with van der Waals surface area (Å²) in [6, 6.07) is 9.36. The summed E-state index contributed by atoms with van der Waals surface area (Å²) in [5.41, 5.74) is 1.68. The molecule has 6 heteroatoms. The number of carbonyl (C=O) groups excluding carboxylic acids is 1. The lowest BCUT2D eigenvalue weighted by Gasteiger charge is -2.07. The molecule has 0 spiro atoms. The van der Waals surface area contributed by atoms with Gasteiger partial charge in [0.05, 0.1) is 17.3 Å². The zero-order valence-electron chi connectivity index (χ0n) is 10.2. The van der Waals surface area contributed by atoms with Gasteiger partial charge in [-0.2, -0.15) is 5.10 Å². The first kappa shape index (κ1) is 12.8. The molecule has 0 saturated heterocycles. The van der Waals surface area contributed by atoms with Crippen molar-refractivity contribution in [2.75, 3.05) is 5.32 Å². The summed E-state index contributed by atoms with van der Waals surface area (Å²) < 4.78 is 13.7. The number of halogens is 2. The fraction of sp³-hybridized carbons (Fsp3) is 0. The zero-order valence-corrected chi connectivity index (χ0v) is 11.7. The summed E-state index contributed by atoms with van der Waals surface area (Å²) in [6.45, 7) is 0. The van der Waals surface area contributed by atoms with E-state index in [0.29, 0.717) is 10.2 Å². The van der Waals surface area contributed by atoms with Gasteiger partial charge in [-0.25, -0.2) is 4.39 Å². The Bertz CT molecular complexity index is 800. The molecule has 3 aromatic rings. The first-order valence-electron chi connectivity index (χ1n) is 5.83. The third-order valence-corrected chi connectivity index (χ3v) is 3.56. The van der Waals surface area contributed by atoms with E-state index in [4.69, 9.17) is 0 Å². The number of nitrogens with zero attached hydrogens (tertiary/aromatic N) is 1. The molecule has 100 valence electrons. The van der Waals surface area contributed by atoms with Crippen LogP contribution in [-0.2, 0) is 0 Å². The molecular weight excluding hydrogens is 325 g/mol. The molecule has 20 heavy (non-hydrogen) atoms. The molecule has 0 fully saturated rings. The van der Waals surface area contributed by atoms with Crippen LogP contribution in [0.2, 0.25) is 0 Å². The topological polar surface area (TPSA) is 57.8 Å². The first-order chi connectivity index (χ1) is 9.63. The van der Waals surface area contributed by atoms with Crippen molar-refractivity contribution in [1.82, 2.24) is 10.2 Å². The number of anilines is 1. The van der Waals surface area contributed by atoms with Crippen LogP contribution in [0.25, 0.3) is 10.9 Å². The molecule has 4 nitrogen and oxygen atoms in total. The summed E-state index contributed by atoms with van der Waals surface area (Å²) in [5, 5.41) is 10.4. The Hall–Kier alpha value is -2.21. The smallest absolute Gasteiger partial charge is 0.256 e. The summed E-state index contributed by atoms with van der Waals surface area (Å²) in [5.74, 6) is -0.836. The molecule has 0 bridgehead atoms. The quantitative estimate of drug-likeness (QED) is 0.750. The molecule has 3 rings (SSSR count). The molecule has 2 N–H and O–H groups in total. The van der Waals surface area contributed by atoms with Crippen LogP contribution in [0.3, 0.4) is 0 Å². The molecule has 0 aliphatic carbocycles. The largest absolute Gasteiger partial charge is 0.322 e. The van der Waals surface area contributed by atoms with Crippen molar-refractivity contribution in [3.63, 3.8) is 0 Å². The summed E-state index contributed by atoms with van der Waals surface area (Å²) in [4.78, 5) is 12.1. The molecule has 0 aliphatic rings. The van der Waals surface area contributed by atoms with Crippen LogP contribution < -0.4 is 5.32 Å². The van der Waals surface area contributed by atoms with Gasteiger partial charge in [-0.1, -0.05) is 0 Å². The van der Waals surface area contributed by atoms with Gasteiger partial charge in [0.2, 0.25) is 0 Å². The third-order valence-electron chi connectivity index (χ3n) is 2.87. The van der Waals surface area contributed by atoms with Crippen molar-refractivity contribution in [3.8, 4) is 0 Å². The number of rotatable bonds is 2. The fourth-order valence-electron chi connectivity index (χ4n) is 1.88. The second-order valence-corrected chi connectivity index (χ2v) is 5.10. The van der Waals surface area contributed by atoms with E-state index in [1.165, 1.54) is 18.2 Å². The number of benzene rings is 2. The van der Waals surface area contributed by atoms with Gasteiger partial charge in [-0.05, 0) is 52.3 Å². The molecular formula is C14H9BrFN3O. The minimum absolute atomic E-state index is 0.245. The van der Waals surface area contributed by atoms with Crippen molar-refractivity contribution in [1.29, 1.82) is 0 Å². The minimum atomic E-state index is -0.456. The Morgan fingerprint density at radius 2 is 2.10 bits per heavy atom. The van der Waals surface area contributed by atoms with E-state index in [-0.39, 0.29) is 11.5 Å². The molecule has 1 aromatic heterocycles. The molecule has 0 radical (unpaired) electrons. The van der Waals surface area contributed by atoms with Crippen LogP contribution in [0.5, 0.6) is 0 Å². The van der Waals surface area contributed by atoms with Gasteiger partial charge in [0.1, 0.15) is 5.82 Å². The Morgan fingerprint density at radius 1 is 1.25 bits per heavy atom. The van der Waals surface area contributed by atoms with Gasteiger partial charge < -0.3 is 5.32 Å². The van der Waals surface area contributed by atoms with Crippen molar-refractivity contribution in [3.05, 3.63) is 58.4 Å². The maximum absolute atomic E-state index is 13.2. The average Bonchev–Trinajstić information content (AvgIpc) is 2.89. The van der Waals surface area contributed by atoms with E-state index in [2.05, 4.69) is 31.4 Å². The van der Waals surface area contributed by atoms with Crippen molar-refractivity contribution in [2.24, 2.45) is 0 Å². The second-order valence-electron chi connectivity index (χ2n) is 4.25. The molecule has 1 heterocycles. The Balaban J connectivity index is 1.89. The number of aromatic nitrogens is 2. The van der Waals surface area contributed by atoms with Gasteiger partial charge >= 0.3 is 0 Å². The second kappa shape index (κ2) is 5.05. The molecule has 1 amide bonds. The van der Waals surface area contributed by atoms with Gasteiger partial charge in [0.15, 0.2) is 0 Å². The monoisotopic (exact) mass is 333 g/mol. The first-order valence-corrected chi connectivity index (χ1v) is 6.62. The van der Waals surface area contributed by atoms with Crippen LogP contribution in [0, 0.1) is 5.82 Å². The van der Waals surface area contributed by atoms with Crippen LogP contribution in [-0.4, -0.2) is 16.1 Å². The highest BCUT2D eigenvalue weighted by molar-refractivity contribution is 9.10. The lowest BCUT2D eigenvalue weighted by molar-refractivity contribution is 0.102. The maximum atomic E-state index is 13.2. The standard InChI is InChI=1S/C14H9BrFN3O/c15-12-4-2-9(16)5-11(12)14(20)18-10-3-1-8-7-17-19-13(8)6-10/h1-7H,(H,17,19)(H,18,20). The van der Waals surface area contributed by atoms with E-state index < -0.39 is 5.82 Å². The molecule has 2 aromatic carbocycles. The number of nitrogens with one attached hydrogen (secondary N) is 2. The fourth-order valence-corrected chi connectivity index (χ4v) is 2.31. The van der Waals surface area contributed by atoms with Gasteiger partial charge in [-0.15, -0.1) is 0 Å². The third kappa shape index (κ3) is 2.42. The number of H-pyrrole nitrogens is 1. The zero-order chi connectivity index (χ0) is 14.1. The SMILES string of the molecule is O=C(Nc1ccc2cn[nH]c2c1)c1cc(F)ccc1Br. The minimum Gasteiger partial charge on any atom is -0.322 e. The van der Waals surface area contributed by atoms with Crippen LogP contribution in [0.4, 0.5) is 10.1 Å². The Morgan fingerprint density at radius 3 is 2.95 bits per heavy atom. The van der Waals surface area contributed by atoms with E-state index in [1.54, 1.807) is 18.3 Å². The summed E-state index contributed by atoms with van der Waals surface area (Å²) >= 11 is 3.23. The predicted molar refractivity (Wildman–Crippen MR) is 78.1 cm³/mol. The number of hydrogen-bond acceptors (Lipinski definition) is 2. The highest BCUT2D eigenvalue weighted by Crippen LogP contribution is 2.21. The number of fused-ring (bicyclic) bond motifs is 1.